The normalized spacial score (nSPS) is 11.6. The lowest BCUT2D eigenvalue weighted by Crippen LogP contribution is -2.41. The minimum absolute atomic E-state index is 0.0857. The molecular formula is C24H21Br2Cl3N4O6S5. The molecule has 3 N–H and O–H groups in total. The van der Waals surface area contributed by atoms with Crippen LogP contribution in [-0.2, 0) is 29.3 Å². The summed E-state index contributed by atoms with van der Waals surface area (Å²) in [5, 5.41) is 7.36. The van der Waals surface area contributed by atoms with Gasteiger partial charge in [0.05, 0.1) is 14.7 Å². The lowest BCUT2D eigenvalue weighted by atomic mass is 10.2. The van der Waals surface area contributed by atoms with E-state index in [1.165, 1.54) is 46.9 Å². The molecule has 20 heteroatoms. The Morgan fingerprint density at radius 2 is 1.18 bits per heavy atom. The van der Waals surface area contributed by atoms with Crippen LogP contribution in [-0.4, -0.2) is 32.1 Å². The van der Waals surface area contributed by atoms with Crippen LogP contribution >= 0.6 is 87.5 Å². The van der Waals surface area contributed by atoms with E-state index in [-0.39, 0.29) is 15.0 Å². The van der Waals surface area contributed by atoms with Gasteiger partial charge in [-0.3, -0.25) is 10.2 Å². The number of hydrogen-bond donors (Lipinski definition) is 3. The van der Waals surface area contributed by atoms with Crippen molar-refractivity contribution in [3.63, 3.8) is 0 Å². The zero-order valence-electron chi connectivity index (χ0n) is 22.3. The molecule has 0 aliphatic carbocycles. The van der Waals surface area contributed by atoms with Crippen molar-refractivity contribution in [1.29, 1.82) is 0 Å². The van der Waals surface area contributed by atoms with E-state index < -0.39 is 35.2 Å². The van der Waals surface area contributed by atoms with Gasteiger partial charge in [0.25, 0.3) is 26.0 Å². The maximum absolute atomic E-state index is 12.0. The molecule has 0 unspecified atom stereocenters. The highest BCUT2D eigenvalue weighted by Crippen LogP contribution is 2.25. The highest BCUT2D eigenvalue weighted by Gasteiger charge is 2.17. The van der Waals surface area contributed by atoms with Crippen molar-refractivity contribution in [2.75, 3.05) is 0 Å². The van der Waals surface area contributed by atoms with Gasteiger partial charge in [-0.1, -0.05) is 47.0 Å². The van der Waals surface area contributed by atoms with Crippen molar-refractivity contribution in [2.24, 2.45) is 5.10 Å². The van der Waals surface area contributed by atoms with E-state index in [4.69, 9.17) is 15.8 Å². The van der Waals surface area contributed by atoms with Crippen LogP contribution in [0.3, 0.4) is 0 Å². The maximum Gasteiger partial charge on any atom is 0.277 e. The Labute approximate surface area is 296 Å². The summed E-state index contributed by atoms with van der Waals surface area (Å²) in [6.45, 7) is 3.74. The fraction of sp³-hybridized carbons (Fsp3) is 0.0833. The molecule has 2 heterocycles. The van der Waals surface area contributed by atoms with Gasteiger partial charge in [0.15, 0.2) is 5.17 Å². The summed E-state index contributed by atoms with van der Waals surface area (Å²) >= 11 is 15.1. The molecule has 0 fully saturated rings. The number of hydrogen-bond acceptors (Lipinski definition) is 9. The first-order valence-electron chi connectivity index (χ1n) is 11.4. The van der Waals surface area contributed by atoms with Crippen LogP contribution in [0.5, 0.6) is 0 Å². The predicted molar refractivity (Wildman–Crippen MR) is 187 cm³/mol. The molecule has 0 aliphatic heterocycles. The zero-order valence-corrected chi connectivity index (χ0v) is 31.8. The molecule has 0 atom stereocenters. The number of rotatable bonds is 8. The molecule has 0 radical (unpaired) electrons. The highest BCUT2D eigenvalue weighted by atomic mass is 79.9. The van der Waals surface area contributed by atoms with Gasteiger partial charge in [-0.2, -0.15) is 18.4 Å². The van der Waals surface area contributed by atoms with Gasteiger partial charge in [0.2, 0.25) is 9.23 Å². The molecule has 2 aromatic carbocycles. The van der Waals surface area contributed by atoms with Crippen LogP contribution in [0.4, 0.5) is 0 Å². The highest BCUT2D eigenvalue weighted by molar-refractivity contribution is 9.11. The van der Waals surface area contributed by atoms with Crippen molar-refractivity contribution in [1.82, 2.24) is 15.1 Å². The second kappa shape index (κ2) is 18.1. The number of hydrazine groups is 1. The lowest BCUT2D eigenvalue weighted by Gasteiger charge is -2.08. The molecular weight excluding hydrogens is 867 g/mol. The summed E-state index contributed by atoms with van der Waals surface area (Å²) in [4.78, 5) is 17.3. The third-order valence-corrected chi connectivity index (χ3v) is 11.4. The Bertz CT molecular complexity index is 1830. The number of benzene rings is 2. The summed E-state index contributed by atoms with van der Waals surface area (Å²) in [5.74, 6) is -0.512. The number of nitrogens with zero attached hydrogens (tertiary/aromatic N) is 1. The van der Waals surface area contributed by atoms with Gasteiger partial charge < -0.3 is 0 Å². The number of aryl methyl sites for hydroxylation is 2. The number of amides is 1. The minimum atomic E-state index is -3.77. The Balaban J connectivity index is 0.000000274. The van der Waals surface area contributed by atoms with Crippen LogP contribution in [0.25, 0.3) is 0 Å². The number of halogens is 5. The van der Waals surface area contributed by atoms with E-state index in [0.717, 1.165) is 15.6 Å². The van der Waals surface area contributed by atoms with Crippen LogP contribution in [0.1, 0.15) is 25.7 Å². The number of carbonyl (C=O) groups is 1. The summed E-state index contributed by atoms with van der Waals surface area (Å²) in [7, 11) is -0.119. The third kappa shape index (κ3) is 12.8. The van der Waals surface area contributed by atoms with Gasteiger partial charge >= 0.3 is 0 Å². The largest absolute Gasteiger partial charge is 0.277 e. The molecule has 2 aromatic heterocycles. The number of hydrazone groups is 1. The molecule has 238 valence electrons. The molecule has 44 heavy (non-hydrogen) atoms. The van der Waals surface area contributed by atoms with E-state index in [2.05, 4.69) is 73.4 Å². The van der Waals surface area contributed by atoms with E-state index in [1.807, 2.05) is 25.3 Å². The first-order valence-corrected chi connectivity index (χ1v) is 20.9. The van der Waals surface area contributed by atoms with Crippen molar-refractivity contribution >= 4 is 128 Å². The Morgan fingerprint density at radius 3 is 1.59 bits per heavy atom. The predicted octanol–water partition coefficient (Wildman–Crippen LogP) is 7.18. The summed E-state index contributed by atoms with van der Waals surface area (Å²) in [5.41, 5.74) is 4.12. The number of carbonyl (C=O) groups excluding carboxylic acids is 1. The van der Waals surface area contributed by atoms with Crippen LogP contribution in [0, 0.1) is 13.8 Å². The number of sulfonamides is 2. The first-order chi connectivity index (χ1) is 20.5. The van der Waals surface area contributed by atoms with E-state index in [9.17, 15) is 21.6 Å². The molecule has 0 saturated carbocycles. The standard InChI is InChI=1S/C12H10BrClN2O2S2.C12H11BrN2O3S2.Cl2OS/c1-8-2-4-9(5-3-8)20(17,18)16-15-12(14)11-10(13)6-7-19-11;1-8-2-4-9(5-3-8)20(17,18)15-14-12(16)11-10(13)6-7-19-11;1-4(2)3/h2-7,16H,1H3;2-7,15H,1H3,(H,14,16);/b15-12-;;. The second-order valence-corrected chi connectivity index (χ2v) is 17.8. The van der Waals surface area contributed by atoms with Gasteiger partial charge in [-0.25, -0.2) is 12.6 Å². The first kappa shape index (κ1) is 38.8. The minimum Gasteiger partial charge on any atom is -0.273 e. The Morgan fingerprint density at radius 1 is 0.773 bits per heavy atom. The van der Waals surface area contributed by atoms with Gasteiger partial charge in [0, 0.05) is 30.3 Å². The monoisotopic (exact) mass is 884 g/mol. The topological polar surface area (TPSA) is 151 Å². The van der Waals surface area contributed by atoms with Crippen LogP contribution in [0.2, 0.25) is 0 Å². The average Bonchev–Trinajstić information content (AvgIpc) is 3.59. The smallest absolute Gasteiger partial charge is 0.273 e. The quantitative estimate of drug-likeness (QED) is 0.0970. The van der Waals surface area contributed by atoms with Crippen molar-refractivity contribution in [2.45, 2.75) is 23.6 Å². The van der Waals surface area contributed by atoms with Crippen molar-refractivity contribution in [3.8, 4) is 0 Å². The van der Waals surface area contributed by atoms with Gasteiger partial charge in [0.1, 0.15) is 4.88 Å². The van der Waals surface area contributed by atoms with E-state index >= 15 is 0 Å². The molecule has 0 saturated heterocycles. The van der Waals surface area contributed by atoms with Crippen molar-refractivity contribution < 1.29 is 25.8 Å². The van der Waals surface area contributed by atoms with Crippen molar-refractivity contribution in [3.05, 3.63) is 101 Å². The van der Waals surface area contributed by atoms with Gasteiger partial charge in [-0.15, -0.1) is 27.5 Å². The number of nitrogens with one attached hydrogen (secondary N) is 3. The van der Waals surface area contributed by atoms with E-state index in [1.54, 1.807) is 35.7 Å². The van der Waals surface area contributed by atoms with Crippen LogP contribution < -0.4 is 15.1 Å². The molecule has 4 rings (SSSR count). The molecule has 4 aromatic rings. The van der Waals surface area contributed by atoms with E-state index in [0.29, 0.717) is 14.2 Å². The fourth-order valence-electron chi connectivity index (χ4n) is 2.76. The molecule has 0 bridgehead atoms. The third-order valence-electron chi connectivity index (χ3n) is 4.85. The molecule has 1 amide bonds. The summed E-state index contributed by atoms with van der Waals surface area (Å²) < 4.78 is 58.4. The summed E-state index contributed by atoms with van der Waals surface area (Å²) in [6.07, 6.45) is 0. The fourth-order valence-corrected chi connectivity index (χ4v) is 7.74. The van der Waals surface area contributed by atoms with Gasteiger partial charge in [-0.05, 0) is 92.9 Å². The SMILES string of the molecule is Cc1ccc(S(=O)(=O)N/N=C(\Cl)c2sccc2Br)cc1.Cc1ccc(S(=O)(=O)NNC(=O)c2sccc2Br)cc1.O=S(Cl)Cl. The molecule has 10 nitrogen and oxygen atoms in total. The lowest BCUT2D eigenvalue weighted by molar-refractivity contribution is 0.0948. The zero-order chi connectivity index (χ0) is 33.1. The second-order valence-electron chi connectivity index (χ2n) is 8.06. The molecule has 0 aliphatic rings. The maximum atomic E-state index is 12.0. The Kier molecular flexibility index (Phi) is 15.9. The van der Waals surface area contributed by atoms with Crippen LogP contribution in [0.15, 0.2) is 95.3 Å². The summed E-state index contributed by atoms with van der Waals surface area (Å²) in [6, 6.07) is 16.3. The molecule has 0 spiro atoms. The average molecular weight is 888 g/mol. The number of thiophene rings is 2. The Hall–Kier alpha value is -1.38.